The number of aromatic nitrogens is 1. The Labute approximate surface area is 122 Å². The molecule has 2 heterocycles. The molecule has 4 nitrogen and oxygen atoms in total. The van der Waals surface area contributed by atoms with E-state index in [2.05, 4.69) is 41.2 Å². The zero-order valence-electron chi connectivity index (χ0n) is 12.9. The molecule has 1 atom stereocenters. The first kappa shape index (κ1) is 15.3. The lowest BCUT2D eigenvalue weighted by atomic mass is 9.97. The zero-order chi connectivity index (χ0) is 14.4. The molecule has 4 heteroatoms. The average Bonchev–Trinajstić information content (AvgIpc) is 2.49. The summed E-state index contributed by atoms with van der Waals surface area (Å²) in [6, 6.07) is 4.71. The van der Waals surface area contributed by atoms with Crippen molar-refractivity contribution in [1.29, 1.82) is 0 Å². The van der Waals surface area contributed by atoms with Crippen LogP contribution < -0.4 is 10.2 Å². The topological polar surface area (TPSA) is 37.4 Å². The first-order valence-electron chi connectivity index (χ1n) is 7.67. The molecule has 1 fully saturated rings. The molecule has 0 bridgehead atoms. The predicted molar refractivity (Wildman–Crippen MR) is 83.1 cm³/mol. The fourth-order valence-electron chi connectivity index (χ4n) is 2.86. The largest absolute Gasteiger partial charge is 0.384 e. The van der Waals surface area contributed by atoms with Gasteiger partial charge in [-0.1, -0.05) is 6.92 Å². The van der Waals surface area contributed by atoms with E-state index in [1.54, 1.807) is 7.11 Å². The van der Waals surface area contributed by atoms with E-state index in [1.807, 2.05) is 6.20 Å². The van der Waals surface area contributed by atoms with Gasteiger partial charge >= 0.3 is 0 Å². The number of hydrogen-bond donors (Lipinski definition) is 1. The number of hydrogen-bond acceptors (Lipinski definition) is 4. The van der Waals surface area contributed by atoms with Crippen LogP contribution in [0.4, 0.5) is 5.82 Å². The van der Waals surface area contributed by atoms with Crippen molar-refractivity contribution in [3.8, 4) is 0 Å². The van der Waals surface area contributed by atoms with E-state index >= 15 is 0 Å². The molecule has 1 saturated heterocycles. The van der Waals surface area contributed by atoms with Crippen LogP contribution >= 0.6 is 0 Å². The summed E-state index contributed by atoms with van der Waals surface area (Å²) < 4.78 is 5.26. The molecule has 0 spiro atoms. The molecule has 2 rings (SSSR count). The molecule has 1 aliphatic heterocycles. The number of anilines is 1. The van der Waals surface area contributed by atoms with E-state index in [9.17, 15) is 0 Å². The highest BCUT2D eigenvalue weighted by Gasteiger charge is 2.20. The molecule has 0 amide bonds. The minimum absolute atomic E-state index is 0.382. The second-order valence-corrected chi connectivity index (χ2v) is 5.61. The second-order valence-electron chi connectivity index (χ2n) is 5.61. The highest BCUT2D eigenvalue weighted by molar-refractivity contribution is 5.42. The van der Waals surface area contributed by atoms with E-state index in [0.29, 0.717) is 12.0 Å². The number of nitrogens with one attached hydrogen (secondary N) is 1. The first-order valence-corrected chi connectivity index (χ1v) is 7.67. The number of ether oxygens (including phenoxy) is 1. The number of methoxy groups -OCH3 is 1. The molecular formula is C16H27N3O. The van der Waals surface area contributed by atoms with Crippen molar-refractivity contribution in [3.63, 3.8) is 0 Å². The number of rotatable bonds is 6. The van der Waals surface area contributed by atoms with Gasteiger partial charge in [-0.2, -0.15) is 0 Å². The van der Waals surface area contributed by atoms with E-state index in [4.69, 9.17) is 4.74 Å². The third-order valence-corrected chi connectivity index (χ3v) is 4.12. The molecule has 0 saturated carbocycles. The van der Waals surface area contributed by atoms with Gasteiger partial charge in [-0.25, -0.2) is 4.98 Å². The van der Waals surface area contributed by atoms with Gasteiger partial charge in [0.2, 0.25) is 0 Å². The number of piperidine rings is 1. The Morgan fingerprint density at radius 3 is 2.85 bits per heavy atom. The van der Waals surface area contributed by atoms with Crippen molar-refractivity contribution in [2.24, 2.45) is 5.92 Å². The lowest BCUT2D eigenvalue weighted by Gasteiger charge is -2.32. The van der Waals surface area contributed by atoms with Crippen LogP contribution in [0, 0.1) is 5.92 Å². The van der Waals surface area contributed by atoms with Gasteiger partial charge in [-0.05, 0) is 49.9 Å². The normalized spacial score (nSPS) is 18.2. The molecular weight excluding hydrogens is 250 g/mol. The van der Waals surface area contributed by atoms with E-state index in [0.717, 1.165) is 32.1 Å². The molecule has 112 valence electrons. The Bertz CT molecular complexity index is 402. The molecule has 0 radical (unpaired) electrons. The van der Waals surface area contributed by atoms with Crippen LogP contribution in [0.3, 0.4) is 0 Å². The van der Waals surface area contributed by atoms with Crippen LogP contribution in [0.5, 0.6) is 0 Å². The summed E-state index contributed by atoms with van der Waals surface area (Å²) in [5.41, 5.74) is 1.32. The van der Waals surface area contributed by atoms with Crippen molar-refractivity contribution in [1.82, 2.24) is 10.3 Å². The van der Waals surface area contributed by atoms with Gasteiger partial charge in [0, 0.05) is 39.0 Å². The summed E-state index contributed by atoms with van der Waals surface area (Å²) in [7, 11) is 1.79. The first-order chi connectivity index (χ1) is 9.74. The molecule has 1 aliphatic rings. The molecule has 0 aliphatic carbocycles. The standard InChI is InChI=1S/C16H27N3O/c1-4-17-13(2)15-5-8-18-16(11-15)19-9-6-14(7-10-19)12-20-3/h5,8,11,13-14,17H,4,6-7,9-10,12H2,1-3H3. The Hall–Kier alpha value is -1.13. The Balaban J connectivity index is 1.98. The maximum atomic E-state index is 5.26. The number of pyridine rings is 1. The van der Waals surface area contributed by atoms with E-state index in [1.165, 1.54) is 18.4 Å². The molecule has 1 aromatic rings. The van der Waals surface area contributed by atoms with Crippen LogP contribution in [-0.4, -0.2) is 38.3 Å². The summed E-state index contributed by atoms with van der Waals surface area (Å²) >= 11 is 0. The van der Waals surface area contributed by atoms with Gasteiger partial charge in [0.15, 0.2) is 0 Å². The van der Waals surface area contributed by atoms with Gasteiger partial charge in [0.05, 0.1) is 0 Å². The molecule has 20 heavy (non-hydrogen) atoms. The Kier molecular flexibility index (Phi) is 5.80. The Morgan fingerprint density at radius 2 is 2.20 bits per heavy atom. The third kappa shape index (κ3) is 3.93. The van der Waals surface area contributed by atoms with Crippen LogP contribution in [-0.2, 0) is 4.74 Å². The van der Waals surface area contributed by atoms with Gasteiger partial charge in [-0.3, -0.25) is 0 Å². The highest BCUT2D eigenvalue weighted by atomic mass is 16.5. The summed E-state index contributed by atoms with van der Waals surface area (Å²) in [5, 5.41) is 3.45. The summed E-state index contributed by atoms with van der Waals surface area (Å²) in [4.78, 5) is 6.94. The zero-order valence-corrected chi connectivity index (χ0v) is 12.9. The van der Waals surface area contributed by atoms with Crippen LogP contribution in [0.1, 0.15) is 38.3 Å². The summed E-state index contributed by atoms with van der Waals surface area (Å²) in [6.07, 6.45) is 4.32. The average molecular weight is 277 g/mol. The summed E-state index contributed by atoms with van der Waals surface area (Å²) in [5.74, 6) is 1.82. The van der Waals surface area contributed by atoms with Crippen LogP contribution in [0.25, 0.3) is 0 Å². The lowest BCUT2D eigenvalue weighted by Crippen LogP contribution is -2.35. The van der Waals surface area contributed by atoms with Crippen molar-refractivity contribution in [3.05, 3.63) is 23.9 Å². The van der Waals surface area contributed by atoms with Crippen molar-refractivity contribution >= 4 is 5.82 Å². The fourth-order valence-corrected chi connectivity index (χ4v) is 2.86. The predicted octanol–water partition coefficient (Wildman–Crippen LogP) is 2.61. The molecule has 1 aromatic heterocycles. The molecule has 1 N–H and O–H groups in total. The quantitative estimate of drug-likeness (QED) is 0.867. The number of nitrogens with zero attached hydrogens (tertiary/aromatic N) is 2. The van der Waals surface area contributed by atoms with Crippen LogP contribution in [0.2, 0.25) is 0 Å². The molecule has 0 aromatic carbocycles. The van der Waals surface area contributed by atoms with E-state index < -0.39 is 0 Å². The maximum Gasteiger partial charge on any atom is 0.128 e. The Morgan fingerprint density at radius 1 is 1.45 bits per heavy atom. The lowest BCUT2D eigenvalue weighted by molar-refractivity contribution is 0.139. The van der Waals surface area contributed by atoms with Gasteiger partial charge in [-0.15, -0.1) is 0 Å². The minimum Gasteiger partial charge on any atom is -0.384 e. The van der Waals surface area contributed by atoms with Gasteiger partial charge < -0.3 is 15.0 Å². The monoisotopic (exact) mass is 277 g/mol. The maximum absolute atomic E-state index is 5.26. The second kappa shape index (κ2) is 7.60. The third-order valence-electron chi connectivity index (χ3n) is 4.12. The van der Waals surface area contributed by atoms with Crippen molar-refractivity contribution < 1.29 is 4.74 Å². The SMILES string of the molecule is CCNC(C)c1ccnc(N2CCC(COC)CC2)c1. The van der Waals surface area contributed by atoms with Crippen molar-refractivity contribution in [2.45, 2.75) is 32.7 Å². The van der Waals surface area contributed by atoms with E-state index in [-0.39, 0.29) is 0 Å². The van der Waals surface area contributed by atoms with Crippen molar-refractivity contribution in [2.75, 3.05) is 38.3 Å². The molecule has 1 unspecified atom stereocenters. The summed E-state index contributed by atoms with van der Waals surface area (Å²) in [6.45, 7) is 8.38. The smallest absolute Gasteiger partial charge is 0.128 e. The van der Waals surface area contributed by atoms with Gasteiger partial charge in [0.25, 0.3) is 0 Å². The van der Waals surface area contributed by atoms with Crippen LogP contribution in [0.15, 0.2) is 18.3 Å². The highest BCUT2D eigenvalue weighted by Crippen LogP contribution is 2.24. The fraction of sp³-hybridized carbons (Fsp3) is 0.688. The van der Waals surface area contributed by atoms with Gasteiger partial charge in [0.1, 0.15) is 5.82 Å². The minimum atomic E-state index is 0.382.